The van der Waals surface area contributed by atoms with Crippen LogP contribution < -0.4 is 16.0 Å². The topological polar surface area (TPSA) is 307 Å². The Labute approximate surface area is 546 Å². The van der Waals surface area contributed by atoms with E-state index in [0.717, 1.165) is 21.6 Å². The molecule has 26 heteroatoms. The van der Waals surface area contributed by atoms with E-state index in [1.165, 1.54) is 92.6 Å². The van der Waals surface area contributed by atoms with E-state index in [9.17, 15) is 43.8 Å². The fourth-order valence-electron chi connectivity index (χ4n) is 12.0. The van der Waals surface area contributed by atoms with Crippen molar-refractivity contribution in [2.45, 2.75) is 234 Å². The molecule has 2 aliphatic rings. The lowest BCUT2D eigenvalue weighted by Crippen LogP contribution is -2.64. The van der Waals surface area contributed by atoms with Crippen molar-refractivity contribution >= 4 is 82.7 Å². The van der Waals surface area contributed by atoms with Gasteiger partial charge in [0.15, 0.2) is 0 Å². The first-order valence-electron chi connectivity index (χ1n) is 32.3. The van der Waals surface area contributed by atoms with Crippen molar-refractivity contribution in [3.63, 3.8) is 0 Å². The van der Waals surface area contributed by atoms with Crippen molar-refractivity contribution in [1.29, 1.82) is 0 Å². The molecule has 1 unspecified atom stereocenters. The van der Waals surface area contributed by atoms with E-state index in [-0.39, 0.29) is 74.2 Å². The van der Waals surface area contributed by atoms with Crippen LogP contribution in [0.25, 0.3) is 0 Å². The van der Waals surface area contributed by atoms with Gasteiger partial charge in [0.25, 0.3) is 0 Å². The van der Waals surface area contributed by atoms with E-state index in [1.807, 2.05) is 41.5 Å². The molecule has 518 valence electrons. The highest BCUT2D eigenvalue weighted by molar-refractivity contribution is 7.99. The number of carbonyl (C=O) groups is 12. The minimum absolute atomic E-state index is 0.0415. The molecule has 11 amide bonds. The van der Waals surface area contributed by atoms with Crippen molar-refractivity contribution in [3.05, 3.63) is 12.2 Å². The summed E-state index contributed by atoms with van der Waals surface area (Å²) in [7, 11) is 9.82. The monoisotopic (exact) mass is 1300 g/mol. The molecule has 2 heterocycles. The largest absolute Gasteiger partial charge is 0.481 e. The highest BCUT2D eigenvalue weighted by Gasteiger charge is 2.49. The van der Waals surface area contributed by atoms with Crippen LogP contribution in [0.1, 0.15) is 156 Å². The van der Waals surface area contributed by atoms with Gasteiger partial charge in [-0.2, -0.15) is 11.8 Å². The third-order valence-corrected chi connectivity index (χ3v) is 18.8. The van der Waals surface area contributed by atoms with E-state index in [0.29, 0.717) is 0 Å². The Morgan fingerprint density at radius 3 is 1.51 bits per heavy atom. The fourth-order valence-corrected chi connectivity index (χ4v) is 13.1. The number of carboxylic acid groups (broad SMARTS) is 1. The summed E-state index contributed by atoms with van der Waals surface area (Å²) in [5.74, 6) is -11.2. The van der Waals surface area contributed by atoms with Crippen molar-refractivity contribution in [3.8, 4) is 0 Å². The number of amides is 11. The van der Waals surface area contributed by atoms with E-state index in [2.05, 4.69) is 16.0 Å². The molecule has 2 saturated heterocycles. The van der Waals surface area contributed by atoms with Gasteiger partial charge in [0.05, 0.1) is 12.5 Å². The summed E-state index contributed by atoms with van der Waals surface area (Å²) >= 11 is 1.08. The number of nitrogens with one attached hydrogen (secondary N) is 3. The van der Waals surface area contributed by atoms with Gasteiger partial charge in [-0.05, 0) is 102 Å². The molecule has 5 N–H and O–H groups in total. The molecule has 14 atom stereocenters. The Bertz CT molecular complexity index is 2580. The zero-order chi connectivity index (χ0) is 70.1. The Balaban J connectivity index is 3.08. The van der Waals surface area contributed by atoms with E-state index >= 15 is 24.0 Å². The quantitative estimate of drug-likeness (QED) is 0.0972. The molecule has 0 aromatic heterocycles. The molecular formula is C65H113N11O14S. The zero-order valence-electron chi connectivity index (χ0n) is 58.8. The standard InChI is InChI=1S/C65H113N11O14S/c1-24-26-27-40(13)54(79)53-57(82)67-44(25-2)59(84)73(21)49(34-91-29-28-50(77)78)62(87)69(17)45(30-35(3)4)56(81)68-51(38(9)10)64(89)72(20)48-33-41(14)76(63(48)88)43(16)55(80)66-42(15)58(83)70(18)46(31-36(5)6)60(85)71(19)47(32-37(7)8)61(86)74(22)52(39(11)12)65(90)75(53)23/h24,26,35-49,51-54,79H,25,27-34H2,1-23H3,(H,66,80)(H,67,82)(H,68,81)(H,77,78)/b26-24+/t40-,41?,42+,43-,44-,45+,46-,47-,48-,49-,51-,52-,53-,54-/m1/s1. The van der Waals surface area contributed by atoms with Crippen molar-refractivity contribution in [2.75, 3.05) is 60.8 Å². The lowest BCUT2D eigenvalue weighted by atomic mass is 9.91. The molecule has 91 heavy (non-hydrogen) atoms. The number of aliphatic carboxylic acids is 1. The number of nitrogens with zero attached hydrogens (tertiary/aromatic N) is 8. The molecular weight excluding hydrogens is 1190 g/mol. The van der Waals surface area contributed by atoms with Gasteiger partial charge >= 0.3 is 5.97 Å². The van der Waals surface area contributed by atoms with Crippen LogP contribution in [0.3, 0.4) is 0 Å². The summed E-state index contributed by atoms with van der Waals surface area (Å²) < 4.78 is 0. The maximum Gasteiger partial charge on any atom is 0.304 e. The maximum absolute atomic E-state index is 15.3. The molecule has 0 spiro atoms. The molecule has 0 saturated carbocycles. The number of carbonyl (C=O) groups excluding carboxylic acids is 11. The average Bonchev–Trinajstić information content (AvgIpc) is 1.79. The first-order chi connectivity index (χ1) is 42.1. The van der Waals surface area contributed by atoms with Crippen LogP contribution in [0.2, 0.25) is 0 Å². The van der Waals surface area contributed by atoms with Crippen LogP contribution >= 0.6 is 11.8 Å². The van der Waals surface area contributed by atoms with Crippen LogP contribution in [0.4, 0.5) is 0 Å². The summed E-state index contributed by atoms with van der Waals surface area (Å²) in [4.78, 5) is 185. The Morgan fingerprint density at radius 2 is 1.02 bits per heavy atom. The number of allylic oxidation sites excluding steroid dienone is 2. The number of hydrogen-bond acceptors (Lipinski definition) is 14. The first-order valence-corrected chi connectivity index (χ1v) is 33.5. The lowest BCUT2D eigenvalue weighted by molar-refractivity contribution is -0.157. The number of likely N-dealkylation sites (N-methyl/N-ethyl adjacent to an activating group) is 7. The summed E-state index contributed by atoms with van der Waals surface area (Å²) in [6.45, 7) is 27.8. The zero-order valence-corrected chi connectivity index (χ0v) is 59.6. The Kier molecular flexibility index (Phi) is 32.2. The molecule has 0 aromatic rings. The Hall–Kier alpha value is -6.31. The summed E-state index contributed by atoms with van der Waals surface area (Å²) in [5, 5.41) is 30.1. The molecule has 0 radical (unpaired) electrons. The third kappa shape index (κ3) is 21.1. The minimum Gasteiger partial charge on any atom is -0.481 e. The number of carboxylic acids is 1. The van der Waals surface area contributed by atoms with E-state index in [1.54, 1.807) is 67.5 Å². The SMILES string of the molecule is C/C=C/C[C@@H](C)[C@@H](O)[C@@H]1C(=O)N[C@H](CC)C(=O)N(C)[C@H](CSCCC(=O)O)C(=O)N(C)[C@@H](CC(C)C)C(=O)N[C@H](C(C)C)C(=O)N(C)[C@@H]2CC(C)N(C2=O)[C@H](C)C(=O)N[C@@H](C)C(=O)N(C)[C@H](CC(C)C)C(=O)N(C)[C@H](CC(C)C)C(=O)N(C)[C@H](C(C)C)C(=O)N1C. The number of aliphatic hydroxyl groups is 1. The maximum atomic E-state index is 15.3. The second kappa shape index (κ2) is 36.2. The van der Waals surface area contributed by atoms with Gasteiger partial charge in [-0.1, -0.05) is 95.2 Å². The minimum atomic E-state index is -1.68. The average molecular weight is 1300 g/mol. The molecule has 2 bridgehead atoms. The highest BCUT2D eigenvalue weighted by Crippen LogP contribution is 2.29. The molecule has 2 fully saturated rings. The molecule has 25 nitrogen and oxygen atoms in total. The normalized spacial score (nSPS) is 28.0. The molecule has 0 aromatic carbocycles. The highest BCUT2D eigenvalue weighted by atomic mass is 32.2. The van der Waals surface area contributed by atoms with E-state index in [4.69, 9.17) is 0 Å². The van der Waals surface area contributed by atoms with Gasteiger partial charge in [-0.15, -0.1) is 0 Å². The number of thioether (sulfide) groups is 1. The van der Waals surface area contributed by atoms with Crippen molar-refractivity contribution < 1.29 is 67.7 Å². The van der Waals surface area contributed by atoms with Crippen LogP contribution in [-0.4, -0.2) is 260 Å². The summed E-state index contributed by atoms with van der Waals surface area (Å²) in [6.07, 6.45) is 2.39. The smallest absolute Gasteiger partial charge is 0.304 e. The number of hydrogen-bond donors (Lipinski definition) is 5. The fraction of sp³-hybridized carbons (Fsp3) is 0.785. The van der Waals surface area contributed by atoms with Crippen LogP contribution in [0, 0.1) is 35.5 Å². The first kappa shape index (κ1) is 80.8. The summed E-state index contributed by atoms with van der Waals surface area (Å²) in [6, 6.07) is -14.6. The predicted octanol–water partition coefficient (Wildman–Crippen LogP) is 3.30. The third-order valence-electron chi connectivity index (χ3n) is 17.7. The molecule has 0 aliphatic carbocycles. The second-order valence-corrected chi connectivity index (χ2v) is 28.3. The van der Waals surface area contributed by atoms with E-state index < -0.39 is 167 Å². The van der Waals surface area contributed by atoms with Gasteiger partial charge in [0, 0.05) is 66.9 Å². The lowest BCUT2D eigenvalue weighted by Gasteiger charge is -2.41. The Morgan fingerprint density at radius 1 is 0.549 bits per heavy atom. The van der Waals surface area contributed by atoms with Crippen LogP contribution in [-0.2, 0) is 57.5 Å². The number of rotatable bonds is 18. The van der Waals surface area contributed by atoms with Gasteiger partial charge in [-0.25, -0.2) is 0 Å². The van der Waals surface area contributed by atoms with Crippen molar-refractivity contribution in [1.82, 2.24) is 55.1 Å². The van der Waals surface area contributed by atoms with Gasteiger partial charge in [0.2, 0.25) is 65.0 Å². The van der Waals surface area contributed by atoms with Gasteiger partial charge < -0.3 is 65.4 Å². The van der Waals surface area contributed by atoms with Gasteiger partial charge in [-0.3, -0.25) is 57.5 Å². The van der Waals surface area contributed by atoms with Gasteiger partial charge in [0.1, 0.15) is 66.5 Å². The van der Waals surface area contributed by atoms with Crippen LogP contribution in [0.15, 0.2) is 12.2 Å². The van der Waals surface area contributed by atoms with Crippen LogP contribution in [0.5, 0.6) is 0 Å². The molecule has 2 rings (SSSR count). The number of aliphatic hydroxyl groups excluding tert-OH is 1. The molecule has 2 aliphatic heterocycles. The summed E-state index contributed by atoms with van der Waals surface area (Å²) in [5.41, 5.74) is 0. The predicted molar refractivity (Wildman–Crippen MR) is 350 cm³/mol. The second-order valence-electron chi connectivity index (χ2n) is 27.2. The van der Waals surface area contributed by atoms with Crippen molar-refractivity contribution in [2.24, 2.45) is 35.5 Å². The number of fused-ring (bicyclic) bond motifs is 2.